The Kier molecular flexibility index (Phi) is 5.15. The van der Waals surface area contributed by atoms with Crippen LogP contribution in [0.2, 0.25) is 0 Å². The minimum absolute atomic E-state index is 0.104. The van der Waals surface area contributed by atoms with Gasteiger partial charge in [-0.3, -0.25) is 9.10 Å². The molecule has 0 fully saturated rings. The van der Waals surface area contributed by atoms with E-state index in [0.717, 1.165) is 30.2 Å². The van der Waals surface area contributed by atoms with E-state index in [9.17, 15) is 17.6 Å². The summed E-state index contributed by atoms with van der Waals surface area (Å²) in [5.74, 6) is -0.308. The van der Waals surface area contributed by atoms with Crippen molar-refractivity contribution >= 4 is 33.3 Å². The molecule has 2 aromatic carbocycles. The fraction of sp³-hybridized carbons (Fsp3) is 0.278. The molecule has 0 aliphatic carbocycles. The van der Waals surface area contributed by atoms with E-state index in [1.54, 1.807) is 36.4 Å². The maximum absolute atomic E-state index is 13.6. The molecule has 0 saturated heterocycles. The number of nitrogens with zero attached hydrogens (tertiary/aromatic N) is 1. The van der Waals surface area contributed by atoms with Crippen LogP contribution < -0.4 is 4.31 Å². The highest BCUT2D eigenvalue weighted by atomic mass is 32.2. The van der Waals surface area contributed by atoms with Crippen molar-refractivity contribution in [2.24, 2.45) is 0 Å². The molecule has 0 bridgehead atoms. The largest absolute Gasteiger partial charge is 0.293 e. The summed E-state index contributed by atoms with van der Waals surface area (Å²) >= 11 is 1.16. The van der Waals surface area contributed by atoms with Crippen molar-refractivity contribution in [3.8, 4) is 0 Å². The Balaban J connectivity index is 1.78. The van der Waals surface area contributed by atoms with Gasteiger partial charge in [-0.1, -0.05) is 12.1 Å². The first-order valence-corrected chi connectivity index (χ1v) is 10.7. The molecule has 4 nitrogen and oxygen atoms in total. The Morgan fingerprint density at radius 3 is 2.72 bits per heavy atom. The van der Waals surface area contributed by atoms with Gasteiger partial charge >= 0.3 is 0 Å². The van der Waals surface area contributed by atoms with Crippen LogP contribution in [-0.4, -0.2) is 32.8 Å². The number of sulfonamides is 1. The second kappa shape index (κ2) is 7.17. The zero-order valence-electron chi connectivity index (χ0n) is 13.7. The molecule has 132 valence electrons. The number of carbonyl (C=O) groups excluding carboxylic acids is 1. The first kappa shape index (κ1) is 17.9. The Hall–Kier alpha value is -1.86. The molecule has 0 N–H and O–H groups in total. The quantitative estimate of drug-likeness (QED) is 0.589. The molecule has 0 spiro atoms. The van der Waals surface area contributed by atoms with Crippen LogP contribution in [0.3, 0.4) is 0 Å². The van der Waals surface area contributed by atoms with Crippen LogP contribution in [0.5, 0.6) is 0 Å². The number of hydrogen-bond acceptors (Lipinski definition) is 4. The lowest BCUT2D eigenvalue weighted by atomic mass is 9.99. The van der Waals surface area contributed by atoms with E-state index in [4.69, 9.17) is 0 Å². The van der Waals surface area contributed by atoms with Gasteiger partial charge in [0.25, 0.3) is 0 Å². The predicted octanol–water partition coefficient (Wildman–Crippen LogP) is 3.51. The van der Waals surface area contributed by atoms with E-state index in [-0.39, 0.29) is 17.4 Å². The zero-order chi connectivity index (χ0) is 18.0. The maximum atomic E-state index is 13.6. The van der Waals surface area contributed by atoms with E-state index < -0.39 is 10.0 Å². The molecular formula is C18H18FNO3S2. The van der Waals surface area contributed by atoms with Crippen LogP contribution in [0.1, 0.15) is 22.3 Å². The van der Waals surface area contributed by atoms with Gasteiger partial charge in [0.15, 0.2) is 5.78 Å². The lowest BCUT2D eigenvalue weighted by Crippen LogP contribution is -2.34. The summed E-state index contributed by atoms with van der Waals surface area (Å²) in [5.41, 5.74) is 2.03. The summed E-state index contributed by atoms with van der Waals surface area (Å²) in [6.07, 6.45) is 2.65. The molecule has 1 aliphatic heterocycles. The van der Waals surface area contributed by atoms with Crippen molar-refractivity contribution in [1.82, 2.24) is 0 Å². The third-order valence-corrected chi connectivity index (χ3v) is 6.30. The number of Topliss-reactive ketones (excluding diaryl/α,β-unsaturated/α-hetero) is 1. The fourth-order valence-corrected chi connectivity index (χ4v) is 4.70. The minimum Gasteiger partial charge on any atom is -0.293 e. The maximum Gasteiger partial charge on any atom is 0.232 e. The molecule has 25 heavy (non-hydrogen) atoms. The summed E-state index contributed by atoms with van der Waals surface area (Å²) in [6, 6.07) is 11.4. The number of ketones is 1. The van der Waals surface area contributed by atoms with E-state index in [1.807, 2.05) is 0 Å². The molecule has 1 heterocycles. The van der Waals surface area contributed by atoms with Crippen LogP contribution in [0.15, 0.2) is 47.4 Å². The van der Waals surface area contributed by atoms with Crippen LogP contribution in [0.25, 0.3) is 0 Å². The summed E-state index contributed by atoms with van der Waals surface area (Å²) in [6.45, 7) is 0.461. The average molecular weight is 379 g/mol. The molecule has 0 saturated carbocycles. The van der Waals surface area contributed by atoms with Gasteiger partial charge < -0.3 is 0 Å². The van der Waals surface area contributed by atoms with Gasteiger partial charge in [0, 0.05) is 17.0 Å². The highest BCUT2D eigenvalue weighted by Crippen LogP contribution is 2.30. The number of rotatable bonds is 5. The minimum atomic E-state index is -3.32. The summed E-state index contributed by atoms with van der Waals surface area (Å²) in [4.78, 5) is 12.9. The molecule has 1 aliphatic rings. The number of benzene rings is 2. The number of thioether (sulfide) groups is 1. The predicted molar refractivity (Wildman–Crippen MR) is 98.4 cm³/mol. The normalized spacial score (nSPS) is 14.2. The standard InChI is InChI=1S/C18H18FNO3S2/c1-25(22,23)20-10-4-5-13-11-14(8-9-16(13)20)17(21)12-24-18-7-3-2-6-15(18)19/h2-3,6-9,11H,4-5,10,12H2,1H3. The SMILES string of the molecule is CS(=O)(=O)N1CCCc2cc(C(=O)CSc3ccccc3F)ccc21. The van der Waals surface area contributed by atoms with Crippen molar-refractivity contribution in [3.05, 3.63) is 59.4 Å². The van der Waals surface area contributed by atoms with Gasteiger partial charge in [-0.25, -0.2) is 12.8 Å². The van der Waals surface area contributed by atoms with Crippen LogP contribution >= 0.6 is 11.8 Å². The Bertz CT molecular complexity index is 912. The smallest absolute Gasteiger partial charge is 0.232 e. The number of anilines is 1. The van der Waals surface area contributed by atoms with Gasteiger partial charge in [-0.15, -0.1) is 11.8 Å². The topological polar surface area (TPSA) is 54.5 Å². The second-order valence-electron chi connectivity index (χ2n) is 5.92. The van der Waals surface area contributed by atoms with Crippen LogP contribution in [0, 0.1) is 5.82 Å². The molecule has 0 aromatic heterocycles. The van der Waals surface area contributed by atoms with Crippen LogP contribution in [0.4, 0.5) is 10.1 Å². The van der Waals surface area contributed by atoms with Crippen molar-refractivity contribution in [1.29, 1.82) is 0 Å². The zero-order valence-corrected chi connectivity index (χ0v) is 15.4. The first-order valence-electron chi connectivity index (χ1n) is 7.87. The van der Waals surface area contributed by atoms with Gasteiger partial charge in [0.2, 0.25) is 10.0 Å². The average Bonchev–Trinajstić information content (AvgIpc) is 2.59. The van der Waals surface area contributed by atoms with Crippen molar-refractivity contribution < 1.29 is 17.6 Å². The molecule has 0 amide bonds. The highest BCUT2D eigenvalue weighted by Gasteiger charge is 2.24. The Morgan fingerprint density at radius 2 is 2.00 bits per heavy atom. The number of fused-ring (bicyclic) bond motifs is 1. The summed E-state index contributed by atoms with van der Waals surface area (Å²) < 4.78 is 38.8. The lowest BCUT2D eigenvalue weighted by molar-refractivity contribution is 0.102. The number of halogens is 1. The third kappa shape index (κ3) is 4.04. The van der Waals surface area contributed by atoms with Crippen LogP contribution in [-0.2, 0) is 16.4 Å². The van der Waals surface area contributed by atoms with Gasteiger partial charge in [0.1, 0.15) is 5.82 Å². The first-order chi connectivity index (χ1) is 11.9. The number of hydrogen-bond donors (Lipinski definition) is 0. The van der Waals surface area contributed by atoms with E-state index in [1.165, 1.54) is 16.6 Å². The van der Waals surface area contributed by atoms with Gasteiger partial charge in [0.05, 0.1) is 17.7 Å². The number of carbonyl (C=O) groups is 1. The fourth-order valence-electron chi connectivity index (χ4n) is 2.87. The van der Waals surface area contributed by atoms with E-state index in [0.29, 0.717) is 22.7 Å². The monoisotopic (exact) mass is 379 g/mol. The van der Waals surface area contributed by atoms with Gasteiger partial charge in [-0.2, -0.15) is 0 Å². The molecule has 2 aromatic rings. The molecule has 3 rings (SSSR count). The molecule has 0 unspecified atom stereocenters. The summed E-state index contributed by atoms with van der Waals surface area (Å²) in [5, 5.41) is 0. The van der Waals surface area contributed by atoms with Crippen molar-refractivity contribution in [3.63, 3.8) is 0 Å². The highest BCUT2D eigenvalue weighted by molar-refractivity contribution is 8.00. The molecule has 0 radical (unpaired) electrons. The van der Waals surface area contributed by atoms with Crippen molar-refractivity contribution in [2.45, 2.75) is 17.7 Å². The van der Waals surface area contributed by atoms with Gasteiger partial charge in [-0.05, 0) is 48.7 Å². The van der Waals surface area contributed by atoms with E-state index >= 15 is 0 Å². The molecular weight excluding hydrogens is 361 g/mol. The third-order valence-electron chi connectivity index (χ3n) is 4.07. The second-order valence-corrected chi connectivity index (χ2v) is 8.85. The number of aryl methyl sites for hydroxylation is 1. The Morgan fingerprint density at radius 1 is 1.24 bits per heavy atom. The van der Waals surface area contributed by atoms with Crippen molar-refractivity contribution in [2.75, 3.05) is 22.9 Å². The van der Waals surface area contributed by atoms with E-state index in [2.05, 4.69) is 0 Å². The lowest BCUT2D eigenvalue weighted by Gasteiger charge is -2.29. The molecule has 0 atom stereocenters. The molecule has 7 heteroatoms. The summed E-state index contributed by atoms with van der Waals surface area (Å²) in [7, 11) is -3.32. The Labute approximate surface area is 151 Å².